The van der Waals surface area contributed by atoms with Gasteiger partial charge in [-0.2, -0.15) is 9.50 Å². The average molecular weight is 309 g/mol. The summed E-state index contributed by atoms with van der Waals surface area (Å²) in [7, 11) is 0. The van der Waals surface area contributed by atoms with Gasteiger partial charge in [-0.05, 0) is 25.1 Å². The third-order valence-corrected chi connectivity index (χ3v) is 4.23. The van der Waals surface area contributed by atoms with E-state index in [4.69, 9.17) is 4.42 Å². The fraction of sp³-hybridized carbons (Fsp3) is 0.0625. The van der Waals surface area contributed by atoms with E-state index in [-0.39, 0.29) is 5.56 Å². The minimum absolute atomic E-state index is 0.178. The van der Waals surface area contributed by atoms with Crippen molar-refractivity contribution in [2.45, 2.75) is 6.92 Å². The maximum atomic E-state index is 12.4. The number of fused-ring (bicyclic) bond motifs is 1. The molecule has 0 aliphatic rings. The van der Waals surface area contributed by atoms with Crippen LogP contribution in [0.15, 0.2) is 51.9 Å². The Balaban J connectivity index is 1.86. The highest BCUT2D eigenvalue weighted by atomic mass is 32.1. The van der Waals surface area contributed by atoms with Crippen LogP contribution in [-0.2, 0) is 0 Å². The lowest BCUT2D eigenvalue weighted by molar-refractivity contribution is 0.556. The van der Waals surface area contributed by atoms with Gasteiger partial charge >= 0.3 is 0 Å². The number of thiazole rings is 1. The quantitative estimate of drug-likeness (QED) is 0.570. The molecule has 6 heteroatoms. The Kier molecular flexibility index (Phi) is 2.90. The number of hydrogen-bond donors (Lipinski definition) is 0. The molecule has 0 unspecified atom stereocenters. The molecule has 0 radical (unpaired) electrons. The fourth-order valence-corrected chi connectivity index (χ4v) is 3.13. The molecule has 108 valence electrons. The van der Waals surface area contributed by atoms with E-state index in [0.29, 0.717) is 21.1 Å². The molecule has 4 aromatic rings. The Morgan fingerprint density at radius 1 is 1.27 bits per heavy atom. The van der Waals surface area contributed by atoms with Gasteiger partial charge in [0.05, 0.1) is 6.26 Å². The van der Waals surface area contributed by atoms with Crippen molar-refractivity contribution in [2.24, 2.45) is 0 Å². The zero-order chi connectivity index (χ0) is 15.1. The van der Waals surface area contributed by atoms with Crippen molar-refractivity contribution in [1.29, 1.82) is 0 Å². The van der Waals surface area contributed by atoms with Gasteiger partial charge in [-0.25, -0.2) is 0 Å². The van der Waals surface area contributed by atoms with Crippen molar-refractivity contribution in [2.75, 3.05) is 0 Å². The predicted molar refractivity (Wildman–Crippen MR) is 84.8 cm³/mol. The summed E-state index contributed by atoms with van der Waals surface area (Å²) in [6.07, 6.45) is 3.28. The van der Waals surface area contributed by atoms with Gasteiger partial charge in [-0.15, -0.1) is 5.10 Å². The van der Waals surface area contributed by atoms with E-state index in [2.05, 4.69) is 10.1 Å². The number of aromatic nitrogens is 3. The lowest BCUT2D eigenvalue weighted by Crippen LogP contribution is -2.23. The normalized spacial score (nSPS) is 12.3. The highest BCUT2D eigenvalue weighted by molar-refractivity contribution is 7.15. The molecule has 5 nitrogen and oxygen atoms in total. The van der Waals surface area contributed by atoms with E-state index >= 15 is 0 Å². The summed E-state index contributed by atoms with van der Waals surface area (Å²) < 4.78 is 7.13. The van der Waals surface area contributed by atoms with E-state index < -0.39 is 0 Å². The predicted octanol–water partition coefficient (Wildman–Crippen LogP) is 2.27. The number of nitrogens with zero attached hydrogens (tertiary/aromatic N) is 3. The molecule has 0 spiro atoms. The number of furan rings is 1. The van der Waals surface area contributed by atoms with Gasteiger partial charge in [-0.1, -0.05) is 35.1 Å². The second-order valence-corrected chi connectivity index (χ2v) is 5.94. The highest BCUT2D eigenvalue weighted by Crippen LogP contribution is 2.17. The number of hydrogen-bond acceptors (Lipinski definition) is 5. The van der Waals surface area contributed by atoms with Gasteiger partial charge < -0.3 is 4.42 Å². The van der Waals surface area contributed by atoms with Gasteiger partial charge in [0.25, 0.3) is 5.56 Å². The van der Waals surface area contributed by atoms with Gasteiger partial charge in [0.15, 0.2) is 5.82 Å². The van der Waals surface area contributed by atoms with E-state index in [1.165, 1.54) is 15.9 Å². The molecule has 1 aromatic carbocycles. The maximum Gasteiger partial charge on any atom is 0.291 e. The minimum atomic E-state index is -0.178. The van der Waals surface area contributed by atoms with Crippen LogP contribution < -0.4 is 10.1 Å². The molecule has 22 heavy (non-hydrogen) atoms. The molecular weight excluding hydrogens is 298 g/mol. The Morgan fingerprint density at radius 2 is 2.18 bits per heavy atom. The molecule has 3 aromatic heterocycles. The van der Waals surface area contributed by atoms with Gasteiger partial charge in [0, 0.05) is 11.6 Å². The van der Waals surface area contributed by atoms with Crippen LogP contribution in [0.5, 0.6) is 0 Å². The molecule has 0 N–H and O–H groups in total. The number of rotatable bonds is 2. The zero-order valence-corrected chi connectivity index (χ0v) is 12.5. The molecule has 0 saturated carbocycles. The Bertz CT molecular complexity index is 1060. The average Bonchev–Trinajstić information content (AvgIpc) is 3.20. The second-order valence-electron chi connectivity index (χ2n) is 4.93. The van der Waals surface area contributed by atoms with E-state index in [9.17, 15) is 4.79 Å². The van der Waals surface area contributed by atoms with Crippen molar-refractivity contribution in [1.82, 2.24) is 14.6 Å². The topological polar surface area (TPSA) is 60.4 Å². The first kappa shape index (κ1) is 13.0. The lowest BCUT2D eigenvalue weighted by atomic mass is 10.1. The van der Waals surface area contributed by atoms with Crippen molar-refractivity contribution in [3.63, 3.8) is 0 Å². The molecule has 0 amide bonds. The van der Waals surface area contributed by atoms with Crippen LogP contribution in [-0.4, -0.2) is 14.6 Å². The van der Waals surface area contributed by atoms with Crippen LogP contribution in [0.3, 0.4) is 0 Å². The number of benzene rings is 1. The molecule has 0 bridgehead atoms. The monoisotopic (exact) mass is 309 g/mol. The highest BCUT2D eigenvalue weighted by Gasteiger charge is 2.12. The van der Waals surface area contributed by atoms with Crippen LogP contribution in [0, 0.1) is 6.92 Å². The smallest absolute Gasteiger partial charge is 0.291 e. The summed E-state index contributed by atoms with van der Waals surface area (Å²) in [6.45, 7) is 2.01. The number of aryl methyl sites for hydroxylation is 1. The van der Waals surface area contributed by atoms with Crippen LogP contribution in [0.1, 0.15) is 11.3 Å². The Hall–Kier alpha value is -2.73. The van der Waals surface area contributed by atoms with Crippen molar-refractivity contribution >= 4 is 22.4 Å². The molecular formula is C16H11N3O2S. The van der Waals surface area contributed by atoms with E-state index in [1.54, 1.807) is 24.5 Å². The van der Waals surface area contributed by atoms with E-state index in [0.717, 1.165) is 11.1 Å². The third kappa shape index (κ3) is 2.14. The Labute approximate surface area is 129 Å². The lowest BCUT2D eigenvalue weighted by Gasteiger charge is -1.95. The van der Waals surface area contributed by atoms with Crippen molar-refractivity contribution in [3.8, 4) is 11.4 Å². The van der Waals surface area contributed by atoms with Crippen LogP contribution in [0.25, 0.3) is 22.4 Å². The summed E-state index contributed by atoms with van der Waals surface area (Å²) in [5, 5.41) is 4.33. The molecule has 3 heterocycles. The van der Waals surface area contributed by atoms with Gasteiger partial charge in [-0.3, -0.25) is 4.79 Å². The standard InChI is InChI=1S/C16H11N3O2S/c1-10-4-2-5-11(8-10)14-17-16-19(18-14)15(20)13(22-16)9-12-6-3-7-21-12/h2-9H,1H3/b13-9+. The summed E-state index contributed by atoms with van der Waals surface area (Å²) >= 11 is 1.30. The molecule has 0 atom stereocenters. The van der Waals surface area contributed by atoms with Crippen LogP contribution in [0.2, 0.25) is 0 Å². The van der Waals surface area contributed by atoms with Crippen LogP contribution in [0.4, 0.5) is 0 Å². The fourth-order valence-electron chi connectivity index (χ4n) is 2.24. The largest absolute Gasteiger partial charge is 0.465 e. The van der Waals surface area contributed by atoms with Crippen molar-refractivity contribution < 1.29 is 4.42 Å². The first-order valence-electron chi connectivity index (χ1n) is 6.72. The molecule has 0 saturated heterocycles. The third-order valence-electron chi connectivity index (χ3n) is 3.27. The summed E-state index contributed by atoms with van der Waals surface area (Å²) in [4.78, 5) is 17.4. The summed E-state index contributed by atoms with van der Waals surface area (Å²) in [5.74, 6) is 1.21. The first-order chi connectivity index (χ1) is 10.7. The summed E-state index contributed by atoms with van der Waals surface area (Å²) in [5.41, 5.74) is 1.86. The van der Waals surface area contributed by atoms with Gasteiger partial charge in [0.1, 0.15) is 10.3 Å². The SMILES string of the molecule is Cc1cccc(-c2nc3s/c(=C/c4ccco4)c(=O)n3n2)c1. The maximum absolute atomic E-state index is 12.4. The molecule has 0 aliphatic heterocycles. The summed E-state index contributed by atoms with van der Waals surface area (Å²) in [6, 6.07) is 11.5. The van der Waals surface area contributed by atoms with Gasteiger partial charge in [0.2, 0.25) is 4.96 Å². The Morgan fingerprint density at radius 3 is 2.91 bits per heavy atom. The van der Waals surface area contributed by atoms with Crippen molar-refractivity contribution in [3.05, 3.63) is 68.9 Å². The first-order valence-corrected chi connectivity index (χ1v) is 7.54. The zero-order valence-electron chi connectivity index (χ0n) is 11.7. The minimum Gasteiger partial charge on any atom is -0.465 e. The van der Waals surface area contributed by atoms with E-state index in [1.807, 2.05) is 31.2 Å². The molecule has 0 aliphatic carbocycles. The van der Waals surface area contributed by atoms with Crippen LogP contribution >= 0.6 is 11.3 Å². The molecule has 0 fully saturated rings. The second kappa shape index (κ2) is 4.92. The molecule has 4 rings (SSSR count).